The summed E-state index contributed by atoms with van der Waals surface area (Å²) >= 11 is 9.24. The van der Waals surface area contributed by atoms with E-state index in [1.807, 2.05) is 6.92 Å². The van der Waals surface area contributed by atoms with Gasteiger partial charge in [-0.1, -0.05) is 24.4 Å². The summed E-state index contributed by atoms with van der Waals surface area (Å²) in [6.07, 6.45) is 5.16. The van der Waals surface area contributed by atoms with Gasteiger partial charge in [-0.2, -0.15) is 4.40 Å². The SMILES string of the molecule is Cc1c(Cl)sc2c1NC(NC1CCCC1)=NS2. The van der Waals surface area contributed by atoms with E-state index in [4.69, 9.17) is 11.6 Å². The number of thiophene rings is 1. The summed E-state index contributed by atoms with van der Waals surface area (Å²) in [4.78, 5) is 0. The second-order valence-corrected chi connectivity index (χ2v) is 7.10. The zero-order valence-corrected chi connectivity index (χ0v) is 11.9. The quantitative estimate of drug-likeness (QED) is 0.766. The molecule has 2 N–H and O–H groups in total. The summed E-state index contributed by atoms with van der Waals surface area (Å²) < 4.78 is 6.46. The first kappa shape index (κ1) is 11.7. The molecular formula is C11H14ClN3S2. The van der Waals surface area contributed by atoms with Crippen LogP contribution in [0.25, 0.3) is 0 Å². The van der Waals surface area contributed by atoms with Crippen LogP contribution in [0.4, 0.5) is 5.69 Å². The van der Waals surface area contributed by atoms with E-state index in [-0.39, 0.29) is 0 Å². The molecule has 2 aliphatic rings. The number of rotatable bonds is 1. The molecule has 0 unspecified atom stereocenters. The predicted molar refractivity (Wildman–Crippen MR) is 76.4 cm³/mol. The van der Waals surface area contributed by atoms with E-state index in [2.05, 4.69) is 15.0 Å². The van der Waals surface area contributed by atoms with Crippen molar-refractivity contribution in [3.8, 4) is 0 Å². The molecule has 1 aromatic heterocycles. The first-order valence-corrected chi connectivity index (χ1v) is 7.78. The monoisotopic (exact) mass is 287 g/mol. The van der Waals surface area contributed by atoms with Gasteiger partial charge in [-0.25, -0.2) is 0 Å². The van der Waals surface area contributed by atoms with Crippen molar-refractivity contribution in [2.75, 3.05) is 5.32 Å². The largest absolute Gasteiger partial charge is 0.353 e. The predicted octanol–water partition coefficient (Wildman–Crippen LogP) is 4.03. The molecule has 17 heavy (non-hydrogen) atoms. The lowest BCUT2D eigenvalue weighted by Crippen LogP contribution is -2.38. The molecule has 2 heterocycles. The summed E-state index contributed by atoms with van der Waals surface area (Å²) in [5.74, 6) is 0.881. The standard InChI is InChI=1S/C11H14ClN3S2/c1-6-8-10(16-9(6)12)17-15-11(14-8)13-7-4-2-3-5-7/h7H,2-5H2,1H3,(H2,13,14,15). The molecule has 92 valence electrons. The van der Waals surface area contributed by atoms with Gasteiger partial charge in [-0.05, 0) is 19.8 Å². The number of nitrogens with one attached hydrogen (secondary N) is 2. The minimum absolute atomic E-state index is 0.581. The van der Waals surface area contributed by atoms with Gasteiger partial charge in [-0.15, -0.1) is 11.3 Å². The number of anilines is 1. The first-order valence-electron chi connectivity index (χ1n) is 5.81. The number of halogens is 1. The van der Waals surface area contributed by atoms with Gasteiger partial charge in [0.25, 0.3) is 0 Å². The van der Waals surface area contributed by atoms with E-state index < -0.39 is 0 Å². The van der Waals surface area contributed by atoms with E-state index >= 15 is 0 Å². The Morgan fingerprint density at radius 2 is 2.18 bits per heavy atom. The highest BCUT2D eigenvalue weighted by Gasteiger charge is 2.22. The summed E-state index contributed by atoms with van der Waals surface area (Å²) in [5.41, 5.74) is 2.25. The van der Waals surface area contributed by atoms with Crippen molar-refractivity contribution in [3.05, 3.63) is 9.90 Å². The highest BCUT2D eigenvalue weighted by atomic mass is 35.5. The lowest BCUT2D eigenvalue weighted by molar-refractivity contribution is 0.630. The molecule has 3 rings (SSSR count). The molecule has 1 saturated carbocycles. The normalized spacial score (nSPS) is 19.8. The van der Waals surface area contributed by atoms with Crippen molar-refractivity contribution >= 4 is 46.5 Å². The maximum absolute atomic E-state index is 6.13. The van der Waals surface area contributed by atoms with E-state index in [1.165, 1.54) is 37.6 Å². The molecule has 0 amide bonds. The average Bonchev–Trinajstić information content (AvgIpc) is 2.91. The number of hydrogen-bond donors (Lipinski definition) is 2. The number of fused-ring (bicyclic) bond motifs is 1. The van der Waals surface area contributed by atoms with Crippen LogP contribution in [0.5, 0.6) is 0 Å². The molecule has 1 fully saturated rings. The molecular weight excluding hydrogens is 274 g/mol. The van der Waals surface area contributed by atoms with Crippen molar-refractivity contribution in [3.63, 3.8) is 0 Å². The Morgan fingerprint density at radius 1 is 1.41 bits per heavy atom. The number of guanidine groups is 1. The zero-order valence-electron chi connectivity index (χ0n) is 9.55. The Labute approximate surface area is 114 Å². The van der Waals surface area contributed by atoms with Crippen LogP contribution in [0.15, 0.2) is 8.61 Å². The van der Waals surface area contributed by atoms with Crippen LogP contribution in [-0.2, 0) is 0 Å². The fourth-order valence-corrected chi connectivity index (χ4v) is 4.49. The average molecular weight is 288 g/mol. The van der Waals surface area contributed by atoms with Crippen molar-refractivity contribution in [1.82, 2.24) is 5.32 Å². The molecule has 3 nitrogen and oxygen atoms in total. The third kappa shape index (κ3) is 2.28. The van der Waals surface area contributed by atoms with Crippen molar-refractivity contribution in [2.24, 2.45) is 4.40 Å². The Balaban J connectivity index is 1.73. The topological polar surface area (TPSA) is 36.4 Å². The van der Waals surface area contributed by atoms with Crippen LogP contribution in [0.1, 0.15) is 31.2 Å². The van der Waals surface area contributed by atoms with Crippen LogP contribution in [0, 0.1) is 6.92 Å². The van der Waals surface area contributed by atoms with Crippen LogP contribution >= 0.6 is 34.9 Å². The third-order valence-electron chi connectivity index (χ3n) is 3.22. The van der Waals surface area contributed by atoms with E-state index in [0.717, 1.165) is 25.8 Å². The highest BCUT2D eigenvalue weighted by Crippen LogP contribution is 2.44. The fraction of sp³-hybridized carbons (Fsp3) is 0.545. The fourth-order valence-electron chi connectivity index (χ4n) is 2.22. The lowest BCUT2D eigenvalue weighted by Gasteiger charge is -2.20. The van der Waals surface area contributed by atoms with E-state index in [9.17, 15) is 0 Å². The molecule has 0 radical (unpaired) electrons. The van der Waals surface area contributed by atoms with Crippen LogP contribution in [0.2, 0.25) is 4.34 Å². The van der Waals surface area contributed by atoms with Crippen molar-refractivity contribution in [2.45, 2.75) is 42.9 Å². The summed E-state index contributed by atoms with van der Waals surface area (Å²) in [5, 5.41) is 6.83. The van der Waals surface area contributed by atoms with Gasteiger partial charge in [0, 0.05) is 23.6 Å². The van der Waals surface area contributed by atoms with Gasteiger partial charge >= 0.3 is 0 Å². The van der Waals surface area contributed by atoms with Gasteiger partial charge in [0.2, 0.25) is 5.96 Å². The number of nitrogens with zero attached hydrogens (tertiary/aromatic N) is 1. The maximum Gasteiger partial charge on any atom is 0.208 e. The molecule has 6 heteroatoms. The second kappa shape index (κ2) is 4.71. The summed E-state index contributed by atoms with van der Waals surface area (Å²) in [6, 6.07) is 0.581. The molecule has 0 bridgehead atoms. The first-order chi connectivity index (χ1) is 8.24. The minimum atomic E-state index is 0.581. The Hall–Kier alpha value is -0.390. The molecule has 1 aliphatic carbocycles. The Bertz CT molecular complexity index is 464. The molecule has 1 aromatic rings. The maximum atomic E-state index is 6.13. The van der Waals surface area contributed by atoms with Crippen LogP contribution < -0.4 is 10.6 Å². The number of hydrogen-bond acceptors (Lipinski definition) is 5. The van der Waals surface area contributed by atoms with Crippen molar-refractivity contribution in [1.29, 1.82) is 0 Å². The molecule has 0 spiro atoms. The smallest absolute Gasteiger partial charge is 0.208 e. The Morgan fingerprint density at radius 3 is 2.94 bits per heavy atom. The van der Waals surface area contributed by atoms with Gasteiger partial charge < -0.3 is 10.6 Å². The van der Waals surface area contributed by atoms with Gasteiger partial charge in [0.05, 0.1) is 10.0 Å². The highest BCUT2D eigenvalue weighted by molar-refractivity contribution is 8.00. The van der Waals surface area contributed by atoms with Crippen LogP contribution in [0.3, 0.4) is 0 Å². The van der Waals surface area contributed by atoms with Crippen LogP contribution in [-0.4, -0.2) is 12.0 Å². The van der Waals surface area contributed by atoms with Gasteiger partial charge in [0.15, 0.2) is 0 Å². The molecule has 1 aliphatic heterocycles. The van der Waals surface area contributed by atoms with Gasteiger partial charge in [0.1, 0.15) is 4.21 Å². The third-order valence-corrected chi connectivity index (χ3v) is 5.72. The van der Waals surface area contributed by atoms with Crippen molar-refractivity contribution < 1.29 is 0 Å². The Kier molecular flexibility index (Phi) is 3.23. The van der Waals surface area contributed by atoms with E-state index in [0.29, 0.717) is 6.04 Å². The van der Waals surface area contributed by atoms with Gasteiger partial charge in [-0.3, -0.25) is 0 Å². The second-order valence-electron chi connectivity index (χ2n) is 4.45. The molecule has 0 saturated heterocycles. The molecule has 0 atom stereocenters. The molecule has 0 aromatic carbocycles. The summed E-state index contributed by atoms with van der Waals surface area (Å²) in [7, 11) is 0. The minimum Gasteiger partial charge on any atom is -0.353 e. The lowest BCUT2D eigenvalue weighted by atomic mass is 10.2. The summed E-state index contributed by atoms with van der Waals surface area (Å²) in [6.45, 7) is 2.05. The zero-order chi connectivity index (χ0) is 11.8. The van der Waals surface area contributed by atoms with E-state index in [1.54, 1.807) is 11.3 Å².